The average molecular weight is 303 g/mol. The van der Waals surface area contributed by atoms with Crippen molar-refractivity contribution in [3.05, 3.63) is 28.8 Å². The van der Waals surface area contributed by atoms with E-state index in [1.165, 1.54) is 18.2 Å². The third-order valence-electron chi connectivity index (χ3n) is 2.66. The molecule has 0 aliphatic carbocycles. The van der Waals surface area contributed by atoms with Gasteiger partial charge < -0.3 is 5.11 Å². The molecule has 0 bridgehead atoms. The number of nitrogens with zero attached hydrogens (tertiary/aromatic N) is 1. The Labute approximate surface area is 117 Å². The molecule has 0 saturated heterocycles. The molecule has 1 atom stereocenters. The lowest BCUT2D eigenvalue weighted by molar-refractivity contribution is 0.227. The number of halogens is 1. The predicted molar refractivity (Wildman–Crippen MR) is 72.2 cm³/mol. The molecule has 1 unspecified atom stereocenters. The van der Waals surface area contributed by atoms with Crippen LogP contribution in [0.2, 0.25) is 5.02 Å². The molecule has 0 amide bonds. The van der Waals surface area contributed by atoms with Gasteiger partial charge in [0.25, 0.3) is 0 Å². The van der Waals surface area contributed by atoms with E-state index in [0.717, 1.165) is 0 Å². The SMILES string of the molecule is CC(C)C(CO)NS(=O)(=O)c1ccc(C#N)cc1Cl. The lowest BCUT2D eigenvalue weighted by Crippen LogP contribution is -2.41. The molecule has 0 spiro atoms. The fourth-order valence-corrected chi connectivity index (χ4v) is 3.36. The Morgan fingerprint density at radius 2 is 2.11 bits per heavy atom. The minimum absolute atomic E-state index is 0.0213. The normalized spacial score (nSPS) is 13.3. The fraction of sp³-hybridized carbons (Fsp3) is 0.417. The van der Waals surface area contributed by atoms with E-state index in [-0.39, 0.29) is 28.0 Å². The second-order valence-corrected chi connectivity index (χ2v) is 6.50. The molecule has 1 aromatic rings. The largest absolute Gasteiger partial charge is 0.395 e. The number of benzene rings is 1. The fourth-order valence-electron chi connectivity index (χ4n) is 1.44. The second-order valence-electron chi connectivity index (χ2n) is 4.41. The second kappa shape index (κ2) is 6.35. The third-order valence-corrected chi connectivity index (χ3v) is 4.63. The van der Waals surface area contributed by atoms with Crippen LogP contribution in [-0.4, -0.2) is 26.2 Å². The van der Waals surface area contributed by atoms with E-state index < -0.39 is 16.1 Å². The van der Waals surface area contributed by atoms with Gasteiger partial charge in [-0.1, -0.05) is 25.4 Å². The van der Waals surface area contributed by atoms with E-state index in [1.807, 2.05) is 6.07 Å². The first kappa shape index (κ1) is 15.9. The molecule has 7 heteroatoms. The summed E-state index contributed by atoms with van der Waals surface area (Å²) in [4.78, 5) is -0.104. The summed E-state index contributed by atoms with van der Waals surface area (Å²) in [6, 6.07) is 5.24. The lowest BCUT2D eigenvalue weighted by Gasteiger charge is -2.20. The van der Waals surface area contributed by atoms with Crippen molar-refractivity contribution in [1.82, 2.24) is 4.72 Å². The monoisotopic (exact) mass is 302 g/mol. The first-order chi connectivity index (χ1) is 8.81. The van der Waals surface area contributed by atoms with Gasteiger partial charge in [-0.25, -0.2) is 13.1 Å². The van der Waals surface area contributed by atoms with Crippen molar-refractivity contribution in [2.45, 2.75) is 24.8 Å². The number of nitriles is 1. The highest BCUT2D eigenvalue weighted by Gasteiger charge is 2.24. The minimum atomic E-state index is -3.82. The van der Waals surface area contributed by atoms with Gasteiger partial charge in [0.1, 0.15) is 4.90 Å². The van der Waals surface area contributed by atoms with Gasteiger partial charge in [-0.05, 0) is 24.1 Å². The average Bonchev–Trinajstić information content (AvgIpc) is 2.35. The highest BCUT2D eigenvalue weighted by atomic mass is 35.5. The number of aliphatic hydroxyl groups excluding tert-OH is 1. The lowest BCUT2D eigenvalue weighted by atomic mass is 10.1. The highest BCUT2D eigenvalue weighted by molar-refractivity contribution is 7.89. The van der Waals surface area contributed by atoms with Crippen LogP contribution in [0.3, 0.4) is 0 Å². The Morgan fingerprint density at radius 1 is 1.47 bits per heavy atom. The van der Waals surface area contributed by atoms with Gasteiger partial charge in [0.15, 0.2) is 0 Å². The Kier molecular flexibility index (Phi) is 5.32. The summed E-state index contributed by atoms with van der Waals surface area (Å²) in [5.41, 5.74) is 0.284. The molecule has 0 fully saturated rings. The Balaban J connectivity index is 3.11. The number of rotatable bonds is 5. The third kappa shape index (κ3) is 3.91. The van der Waals surface area contributed by atoms with Gasteiger partial charge in [0.05, 0.1) is 23.3 Å². The summed E-state index contributed by atoms with van der Waals surface area (Å²) in [5, 5.41) is 17.8. The first-order valence-electron chi connectivity index (χ1n) is 5.64. The van der Waals surface area contributed by atoms with Gasteiger partial charge >= 0.3 is 0 Å². The Bertz CT molecular complexity index is 593. The topological polar surface area (TPSA) is 90.2 Å². The molecule has 19 heavy (non-hydrogen) atoms. The Morgan fingerprint density at radius 3 is 2.53 bits per heavy atom. The van der Waals surface area contributed by atoms with Crippen molar-refractivity contribution in [3.63, 3.8) is 0 Å². The molecule has 5 nitrogen and oxygen atoms in total. The smallest absolute Gasteiger partial charge is 0.242 e. The first-order valence-corrected chi connectivity index (χ1v) is 7.50. The number of aliphatic hydroxyl groups is 1. The predicted octanol–water partition coefficient (Wildman–Crippen LogP) is 1.51. The zero-order chi connectivity index (χ0) is 14.6. The summed E-state index contributed by atoms with van der Waals surface area (Å²) in [6.45, 7) is 3.29. The van der Waals surface area contributed by atoms with Crippen molar-refractivity contribution < 1.29 is 13.5 Å². The van der Waals surface area contributed by atoms with Crippen molar-refractivity contribution in [2.24, 2.45) is 5.92 Å². The van der Waals surface area contributed by atoms with Crippen LogP contribution in [0, 0.1) is 17.2 Å². The Hall–Kier alpha value is -1.13. The maximum Gasteiger partial charge on any atom is 0.242 e. The van der Waals surface area contributed by atoms with E-state index >= 15 is 0 Å². The molecule has 0 saturated carbocycles. The van der Waals surface area contributed by atoms with Gasteiger partial charge in [-0.2, -0.15) is 5.26 Å². The summed E-state index contributed by atoms with van der Waals surface area (Å²) < 4.78 is 26.7. The standard InChI is InChI=1S/C12H15ClN2O3S/c1-8(2)11(7-16)15-19(17,18)12-4-3-9(6-14)5-10(12)13/h3-5,8,11,15-16H,7H2,1-2H3. The summed E-state index contributed by atoms with van der Waals surface area (Å²) in [6.07, 6.45) is 0. The van der Waals surface area contributed by atoms with Crippen LogP contribution >= 0.6 is 11.6 Å². The van der Waals surface area contributed by atoms with Crippen molar-refractivity contribution in [1.29, 1.82) is 5.26 Å². The maximum atomic E-state index is 12.1. The van der Waals surface area contributed by atoms with Gasteiger partial charge in [0.2, 0.25) is 10.0 Å². The maximum absolute atomic E-state index is 12.1. The van der Waals surface area contributed by atoms with Gasteiger partial charge in [-0.15, -0.1) is 0 Å². The molecule has 2 N–H and O–H groups in total. The molecular weight excluding hydrogens is 288 g/mol. The zero-order valence-corrected chi connectivity index (χ0v) is 12.2. The number of nitrogens with one attached hydrogen (secondary N) is 1. The minimum Gasteiger partial charge on any atom is -0.395 e. The van der Waals surface area contributed by atoms with E-state index in [2.05, 4.69) is 4.72 Å². The van der Waals surface area contributed by atoms with Crippen molar-refractivity contribution in [2.75, 3.05) is 6.61 Å². The quantitative estimate of drug-likeness (QED) is 0.862. The van der Waals surface area contributed by atoms with Crippen LogP contribution in [0.4, 0.5) is 0 Å². The molecule has 1 aromatic carbocycles. The number of hydrogen-bond donors (Lipinski definition) is 2. The van der Waals surface area contributed by atoms with Crippen molar-refractivity contribution in [3.8, 4) is 6.07 Å². The molecular formula is C12H15ClN2O3S. The van der Waals surface area contributed by atoms with E-state index in [1.54, 1.807) is 13.8 Å². The molecule has 104 valence electrons. The van der Waals surface area contributed by atoms with E-state index in [0.29, 0.717) is 0 Å². The highest BCUT2D eigenvalue weighted by Crippen LogP contribution is 2.23. The zero-order valence-electron chi connectivity index (χ0n) is 10.6. The molecule has 0 radical (unpaired) electrons. The van der Waals surface area contributed by atoms with E-state index in [4.69, 9.17) is 22.0 Å². The number of hydrogen-bond acceptors (Lipinski definition) is 4. The summed E-state index contributed by atoms with van der Waals surface area (Å²) >= 11 is 5.87. The summed E-state index contributed by atoms with van der Waals surface area (Å²) in [7, 11) is -3.82. The van der Waals surface area contributed by atoms with Crippen LogP contribution < -0.4 is 4.72 Å². The molecule has 0 aromatic heterocycles. The molecule has 0 aliphatic heterocycles. The molecule has 1 rings (SSSR count). The van der Waals surface area contributed by atoms with Crippen LogP contribution in [0.1, 0.15) is 19.4 Å². The van der Waals surface area contributed by atoms with Crippen LogP contribution in [0.25, 0.3) is 0 Å². The van der Waals surface area contributed by atoms with Crippen molar-refractivity contribution >= 4 is 21.6 Å². The van der Waals surface area contributed by atoms with Crippen LogP contribution in [0.5, 0.6) is 0 Å². The van der Waals surface area contributed by atoms with Crippen LogP contribution in [-0.2, 0) is 10.0 Å². The van der Waals surface area contributed by atoms with Gasteiger partial charge in [-0.3, -0.25) is 0 Å². The molecule has 0 heterocycles. The molecule has 0 aliphatic rings. The number of sulfonamides is 1. The van der Waals surface area contributed by atoms with E-state index in [9.17, 15) is 8.42 Å². The van der Waals surface area contributed by atoms with Crippen LogP contribution in [0.15, 0.2) is 23.1 Å². The summed E-state index contributed by atoms with van der Waals surface area (Å²) in [5.74, 6) is -0.0584. The van der Waals surface area contributed by atoms with Gasteiger partial charge in [0, 0.05) is 6.04 Å².